The smallest absolute Gasteiger partial charge is 0.161 e. The fraction of sp³-hybridized carbons (Fsp3) is 0.368. The number of ether oxygens (including phenoxy) is 2. The molecule has 22 heavy (non-hydrogen) atoms. The van der Waals surface area contributed by atoms with E-state index in [-0.39, 0.29) is 6.04 Å². The van der Waals surface area contributed by atoms with Gasteiger partial charge in [0.1, 0.15) is 0 Å². The molecule has 0 bridgehead atoms. The first-order valence-corrected chi connectivity index (χ1v) is 7.74. The maximum absolute atomic E-state index is 5.42. The average Bonchev–Trinajstić information content (AvgIpc) is 2.97. The summed E-state index contributed by atoms with van der Waals surface area (Å²) in [6.45, 7) is 4.47. The van der Waals surface area contributed by atoms with Gasteiger partial charge in [-0.1, -0.05) is 38.1 Å². The molecular weight excluding hydrogens is 274 g/mol. The molecular formula is C19H23NO2. The molecule has 0 spiro atoms. The normalized spacial score (nSPS) is 16.3. The number of anilines is 1. The fourth-order valence-electron chi connectivity index (χ4n) is 3.16. The Labute approximate surface area is 132 Å². The molecule has 0 fully saturated rings. The van der Waals surface area contributed by atoms with E-state index >= 15 is 0 Å². The molecule has 2 aromatic carbocycles. The van der Waals surface area contributed by atoms with Gasteiger partial charge >= 0.3 is 0 Å². The van der Waals surface area contributed by atoms with E-state index in [4.69, 9.17) is 9.47 Å². The monoisotopic (exact) mass is 297 g/mol. The predicted molar refractivity (Wildman–Crippen MR) is 90.1 cm³/mol. The summed E-state index contributed by atoms with van der Waals surface area (Å²) < 4.78 is 10.7. The molecule has 1 aliphatic rings. The van der Waals surface area contributed by atoms with Crippen molar-refractivity contribution in [1.29, 1.82) is 0 Å². The highest BCUT2D eigenvalue weighted by Gasteiger charge is 2.25. The van der Waals surface area contributed by atoms with Crippen LogP contribution in [-0.2, 0) is 6.42 Å². The molecule has 1 atom stereocenters. The summed E-state index contributed by atoms with van der Waals surface area (Å²) in [5, 5.41) is 3.69. The molecule has 0 aromatic heterocycles. The summed E-state index contributed by atoms with van der Waals surface area (Å²) in [5.74, 6) is 2.07. The van der Waals surface area contributed by atoms with Gasteiger partial charge in [0.25, 0.3) is 0 Å². The molecule has 3 nitrogen and oxygen atoms in total. The second kappa shape index (κ2) is 5.91. The minimum atomic E-state index is 0.287. The van der Waals surface area contributed by atoms with Crippen LogP contribution in [0.5, 0.6) is 11.5 Å². The number of fused-ring (bicyclic) bond motifs is 1. The van der Waals surface area contributed by atoms with E-state index in [1.165, 1.54) is 22.4 Å². The number of hydrogen-bond acceptors (Lipinski definition) is 3. The minimum absolute atomic E-state index is 0.287. The highest BCUT2D eigenvalue weighted by atomic mass is 16.5. The quantitative estimate of drug-likeness (QED) is 0.899. The molecule has 1 heterocycles. The Balaban J connectivity index is 1.92. The summed E-state index contributed by atoms with van der Waals surface area (Å²) in [7, 11) is 3.34. The Bertz CT molecular complexity index is 679. The zero-order valence-electron chi connectivity index (χ0n) is 13.6. The van der Waals surface area contributed by atoms with Gasteiger partial charge in [-0.05, 0) is 41.2 Å². The van der Waals surface area contributed by atoms with Crippen LogP contribution in [0.3, 0.4) is 0 Å². The Hall–Kier alpha value is -2.16. The van der Waals surface area contributed by atoms with Crippen molar-refractivity contribution in [1.82, 2.24) is 0 Å². The van der Waals surface area contributed by atoms with E-state index in [0.29, 0.717) is 5.92 Å². The Morgan fingerprint density at radius 2 is 1.82 bits per heavy atom. The minimum Gasteiger partial charge on any atom is -0.493 e. The fourth-order valence-corrected chi connectivity index (χ4v) is 3.16. The van der Waals surface area contributed by atoms with Gasteiger partial charge < -0.3 is 14.8 Å². The van der Waals surface area contributed by atoms with Crippen LogP contribution in [0, 0.1) is 0 Å². The van der Waals surface area contributed by atoms with Gasteiger partial charge in [-0.2, -0.15) is 0 Å². The largest absolute Gasteiger partial charge is 0.493 e. The maximum Gasteiger partial charge on any atom is 0.161 e. The average molecular weight is 297 g/mol. The molecule has 0 radical (unpaired) electrons. The van der Waals surface area contributed by atoms with E-state index in [1.54, 1.807) is 14.2 Å². The second-order valence-corrected chi connectivity index (χ2v) is 6.05. The number of methoxy groups -OCH3 is 2. The van der Waals surface area contributed by atoms with Crippen LogP contribution in [0.15, 0.2) is 36.4 Å². The summed E-state index contributed by atoms with van der Waals surface area (Å²) in [4.78, 5) is 0. The molecule has 2 aromatic rings. The topological polar surface area (TPSA) is 30.5 Å². The van der Waals surface area contributed by atoms with Gasteiger partial charge in [0.05, 0.1) is 20.3 Å². The zero-order chi connectivity index (χ0) is 15.7. The maximum atomic E-state index is 5.42. The van der Waals surface area contributed by atoms with Crippen LogP contribution < -0.4 is 14.8 Å². The highest BCUT2D eigenvalue weighted by Crippen LogP contribution is 2.40. The number of rotatable bonds is 4. The van der Waals surface area contributed by atoms with Crippen molar-refractivity contribution in [3.05, 3.63) is 53.1 Å². The van der Waals surface area contributed by atoms with Gasteiger partial charge in [-0.3, -0.25) is 0 Å². The van der Waals surface area contributed by atoms with E-state index in [1.807, 2.05) is 6.07 Å². The standard InChI is InChI=1S/C19H23NO2/c1-12(2)15-7-5-6-14-10-16(20-19(14)15)13-8-9-17(21-3)18(11-13)22-4/h5-9,11-12,16,20H,10H2,1-4H3. The number of nitrogens with one attached hydrogen (secondary N) is 1. The second-order valence-electron chi connectivity index (χ2n) is 6.05. The third kappa shape index (κ3) is 2.52. The van der Waals surface area contributed by atoms with Crippen LogP contribution in [0.2, 0.25) is 0 Å². The molecule has 116 valence electrons. The summed E-state index contributed by atoms with van der Waals surface area (Å²) in [6.07, 6.45) is 1.01. The molecule has 0 aliphatic carbocycles. The van der Waals surface area contributed by atoms with Gasteiger partial charge in [-0.15, -0.1) is 0 Å². The summed E-state index contributed by atoms with van der Waals surface area (Å²) in [5.41, 5.74) is 5.31. The van der Waals surface area contributed by atoms with Crippen LogP contribution in [0.25, 0.3) is 0 Å². The van der Waals surface area contributed by atoms with Crippen LogP contribution in [-0.4, -0.2) is 14.2 Å². The third-order valence-corrected chi connectivity index (χ3v) is 4.36. The van der Waals surface area contributed by atoms with E-state index in [0.717, 1.165) is 17.9 Å². The van der Waals surface area contributed by atoms with Crippen molar-refractivity contribution in [2.24, 2.45) is 0 Å². The zero-order valence-corrected chi connectivity index (χ0v) is 13.6. The molecule has 0 amide bonds. The van der Waals surface area contributed by atoms with Crippen molar-refractivity contribution in [2.45, 2.75) is 32.2 Å². The molecule has 1 unspecified atom stereocenters. The first-order valence-electron chi connectivity index (χ1n) is 7.74. The van der Waals surface area contributed by atoms with Gasteiger partial charge in [0.15, 0.2) is 11.5 Å². The van der Waals surface area contributed by atoms with Crippen LogP contribution in [0.4, 0.5) is 5.69 Å². The lowest BCUT2D eigenvalue weighted by Crippen LogP contribution is -2.07. The van der Waals surface area contributed by atoms with Crippen LogP contribution in [0.1, 0.15) is 42.5 Å². The number of hydrogen-bond donors (Lipinski definition) is 1. The highest BCUT2D eigenvalue weighted by molar-refractivity contribution is 5.64. The Morgan fingerprint density at radius 3 is 2.50 bits per heavy atom. The van der Waals surface area contributed by atoms with E-state index in [2.05, 4.69) is 49.5 Å². The van der Waals surface area contributed by atoms with E-state index in [9.17, 15) is 0 Å². The first kappa shape index (κ1) is 14.8. The van der Waals surface area contributed by atoms with Gasteiger partial charge in [0, 0.05) is 5.69 Å². The van der Waals surface area contributed by atoms with Crippen LogP contribution >= 0.6 is 0 Å². The van der Waals surface area contributed by atoms with Gasteiger partial charge in [0.2, 0.25) is 0 Å². The number of benzene rings is 2. The lowest BCUT2D eigenvalue weighted by Gasteiger charge is -2.16. The molecule has 0 saturated carbocycles. The van der Waals surface area contributed by atoms with E-state index < -0.39 is 0 Å². The summed E-state index contributed by atoms with van der Waals surface area (Å²) in [6, 6.07) is 13.0. The molecule has 3 heteroatoms. The lowest BCUT2D eigenvalue weighted by atomic mass is 9.97. The third-order valence-electron chi connectivity index (χ3n) is 4.36. The number of para-hydroxylation sites is 1. The molecule has 3 rings (SSSR count). The lowest BCUT2D eigenvalue weighted by molar-refractivity contribution is 0.354. The van der Waals surface area contributed by atoms with Crippen molar-refractivity contribution in [3.8, 4) is 11.5 Å². The van der Waals surface area contributed by atoms with Crippen molar-refractivity contribution < 1.29 is 9.47 Å². The SMILES string of the molecule is COc1ccc(C2Cc3cccc(C(C)C)c3N2)cc1OC. The Morgan fingerprint density at radius 1 is 1.05 bits per heavy atom. The molecule has 0 saturated heterocycles. The summed E-state index contributed by atoms with van der Waals surface area (Å²) >= 11 is 0. The first-order chi connectivity index (χ1) is 10.6. The van der Waals surface area contributed by atoms with Crippen molar-refractivity contribution in [3.63, 3.8) is 0 Å². The predicted octanol–water partition coefficient (Wildman–Crippen LogP) is 4.54. The van der Waals surface area contributed by atoms with Gasteiger partial charge in [-0.25, -0.2) is 0 Å². The Kier molecular flexibility index (Phi) is 3.97. The molecule has 1 aliphatic heterocycles. The van der Waals surface area contributed by atoms with Crippen molar-refractivity contribution in [2.75, 3.05) is 19.5 Å². The molecule has 1 N–H and O–H groups in total. The van der Waals surface area contributed by atoms with Crippen molar-refractivity contribution >= 4 is 5.69 Å².